The van der Waals surface area contributed by atoms with Gasteiger partial charge < -0.3 is 0 Å². The van der Waals surface area contributed by atoms with Crippen molar-refractivity contribution in [1.82, 2.24) is 15.0 Å². The maximum absolute atomic E-state index is 11.3. The first-order valence-electron chi connectivity index (χ1n) is 6.25. The summed E-state index contributed by atoms with van der Waals surface area (Å²) < 4.78 is 25.1. The molecule has 0 unspecified atom stereocenters. The zero-order valence-electron chi connectivity index (χ0n) is 11.2. The van der Waals surface area contributed by atoms with Crippen molar-refractivity contribution >= 4 is 26.0 Å². The number of hydrogen-bond donors (Lipinski definition) is 1. The third kappa shape index (κ3) is 2.80. The third-order valence-electron chi connectivity index (χ3n) is 3.11. The molecule has 6 nitrogen and oxygen atoms in total. The number of halogens is 1. The van der Waals surface area contributed by atoms with Crippen LogP contribution >= 0.6 is 15.9 Å². The SMILES string of the molecule is NS(=O)(=O)c1ccc(-n2nncc2-c2ccccc2Br)cc1. The van der Waals surface area contributed by atoms with Gasteiger partial charge in [-0.05, 0) is 30.3 Å². The highest BCUT2D eigenvalue weighted by molar-refractivity contribution is 9.10. The van der Waals surface area contributed by atoms with E-state index in [-0.39, 0.29) is 4.90 Å². The largest absolute Gasteiger partial charge is 0.238 e. The van der Waals surface area contributed by atoms with Crippen molar-refractivity contribution in [2.45, 2.75) is 4.90 Å². The number of rotatable bonds is 3. The smallest absolute Gasteiger partial charge is 0.225 e. The molecule has 1 heterocycles. The van der Waals surface area contributed by atoms with E-state index in [4.69, 9.17) is 5.14 Å². The van der Waals surface area contributed by atoms with Crippen LogP contribution in [0.5, 0.6) is 0 Å². The third-order valence-corrected chi connectivity index (χ3v) is 4.73. The Morgan fingerprint density at radius 3 is 2.36 bits per heavy atom. The fraction of sp³-hybridized carbons (Fsp3) is 0. The molecule has 0 fully saturated rings. The van der Waals surface area contributed by atoms with Crippen LogP contribution in [0.25, 0.3) is 16.9 Å². The minimum Gasteiger partial charge on any atom is -0.225 e. The number of benzene rings is 2. The topological polar surface area (TPSA) is 90.9 Å². The Morgan fingerprint density at radius 1 is 1.05 bits per heavy atom. The van der Waals surface area contributed by atoms with Gasteiger partial charge in [-0.2, -0.15) is 0 Å². The van der Waals surface area contributed by atoms with E-state index in [0.717, 1.165) is 15.7 Å². The van der Waals surface area contributed by atoms with Crippen molar-refractivity contribution in [3.8, 4) is 16.9 Å². The van der Waals surface area contributed by atoms with Crippen molar-refractivity contribution in [3.63, 3.8) is 0 Å². The second-order valence-electron chi connectivity index (χ2n) is 4.55. The molecule has 0 atom stereocenters. The highest BCUT2D eigenvalue weighted by Crippen LogP contribution is 2.28. The molecule has 3 aromatic rings. The first kappa shape index (κ1) is 14.9. The first-order valence-corrected chi connectivity index (χ1v) is 8.59. The summed E-state index contributed by atoms with van der Waals surface area (Å²) in [7, 11) is -3.71. The summed E-state index contributed by atoms with van der Waals surface area (Å²) in [4.78, 5) is 0.0545. The summed E-state index contributed by atoms with van der Waals surface area (Å²) in [5.74, 6) is 0. The van der Waals surface area contributed by atoms with Crippen molar-refractivity contribution in [2.24, 2.45) is 5.14 Å². The molecule has 0 saturated heterocycles. The summed E-state index contributed by atoms with van der Waals surface area (Å²) in [5.41, 5.74) is 2.41. The summed E-state index contributed by atoms with van der Waals surface area (Å²) in [6, 6.07) is 13.9. The zero-order valence-corrected chi connectivity index (χ0v) is 13.6. The van der Waals surface area contributed by atoms with Crippen LogP contribution in [-0.2, 0) is 10.0 Å². The van der Waals surface area contributed by atoms with Gasteiger partial charge in [-0.3, -0.25) is 0 Å². The lowest BCUT2D eigenvalue weighted by molar-refractivity contribution is 0.598. The normalized spacial score (nSPS) is 11.5. The molecule has 1 aromatic heterocycles. The second-order valence-corrected chi connectivity index (χ2v) is 6.97. The van der Waals surface area contributed by atoms with Gasteiger partial charge in [0, 0.05) is 10.0 Å². The summed E-state index contributed by atoms with van der Waals surface area (Å²) in [5, 5.41) is 13.1. The number of nitrogens with zero attached hydrogens (tertiary/aromatic N) is 3. The van der Waals surface area contributed by atoms with Crippen LogP contribution in [0.2, 0.25) is 0 Å². The van der Waals surface area contributed by atoms with Crippen LogP contribution in [0, 0.1) is 0 Å². The zero-order chi connectivity index (χ0) is 15.7. The Labute approximate surface area is 135 Å². The van der Waals surface area contributed by atoms with E-state index in [9.17, 15) is 8.42 Å². The van der Waals surface area contributed by atoms with Crippen molar-refractivity contribution in [1.29, 1.82) is 0 Å². The molecule has 0 radical (unpaired) electrons. The first-order chi connectivity index (χ1) is 10.5. The van der Waals surface area contributed by atoms with E-state index < -0.39 is 10.0 Å². The molecule has 0 aliphatic heterocycles. The highest BCUT2D eigenvalue weighted by atomic mass is 79.9. The van der Waals surface area contributed by atoms with Crippen LogP contribution in [0.4, 0.5) is 0 Å². The number of primary sulfonamides is 1. The molecule has 3 rings (SSSR count). The quantitative estimate of drug-likeness (QED) is 0.756. The second kappa shape index (κ2) is 5.64. The number of sulfonamides is 1. The lowest BCUT2D eigenvalue weighted by atomic mass is 10.1. The van der Waals surface area contributed by atoms with Gasteiger partial charge >= 0.3 is 0 Å². The molecule has 112 valence electrons. The monoisotopic (exact) mass is 378 g/mol. The molecule has 2 N–H and O–H groups in total. The minimum absolute atomic E-state index is 0.0545. The number of nitrogens with two attached hydrogens (primary N) is 1. The van der Waals surface area contributed by atoms with Gasteiger partial charge in [-0.1, -0.05) is 39.3 Å². The highest BCUT2D eigenvalue weighted by Gasteiger charge is 2.12. The van der Waals surface area contributed by atoms with Gasteiger partial charge in [0.1, 0.15) is 0 Å². The van der Waals surface area contributed by atoms with Gasteiger partial charge in [-0.15, -0.1) is 5.10 Å². The molecule has 8 heteroatoms. The maximum Gasteiger partial charge on any atom is 0.238 e. The molecular formula is C14H11BrN4O2S. The summed E-state index contributed by atoms with van der Waals surface area (Å²) >= 11 is 3.50. The van der Waals surface area contributed by atoms with Gasteiger partial charge in [-0.25, -0.2) is 18.2 Å². The average molecular weight is 379 g/mol. The van der Waals surface area contributed by atoms with Gasteiger partial charge in [0.25, 0.3) is 0 Å². The fourth-order valence-corrected chi connectivity index (χ4v) is 3.06. The molecule has 2 aromatic carbocycles. The van der Waals surface area contributed by atoms with Crippen molar-refractivity contribution in [3.05, 3.63) is 59.2 Å². The van der Waals surface area contributed by atoms with E-state index in [0.29, 0.717) is 5.69 Å². The molecule has 0 saturated carbocycles. The van der Waals surface area contributed by atoms with Gasteiger partial charge in [0.2, 0.25) is 10.0 Å². The van der Waals surface area contributed by atoms with Gasteiger partial charge in [0.05, 0.1) is 22.5 Å². The van der Waals surface area contributed by atoms with Crippen LogP contribution in [0.1, 0.15) is 0 Å². The summed E-state index contributed by atoms with van der Waals surface area (Å²) in [6.07, 6.45) is 1.65. The summed E-state index contributed by atoms with van der Waals surface area (Å²) in [6.45, 7) is 0. The predicted molar refractivity (Wildman–Crippen MR) is 85.9 cm³/mol. The van der Waals surface area contributed by atoms with Crippen molar-refractivity contribution < 1.29 is 8.42 Å². The molecule has 0 spiro atoms. The Bertz CT molecular complexity index is 920. The Morgan fingerprint density at radius 2 is 1.73 bits per heavy atom. The molecule has 0 aliphatic carbocycles. The Hall–Kier alpha value is -2.03. The van der Waals surface area contributed by atoms with E-state index in [1.807, 2.05) is 24.3 Å². The number of aromatic nitrogens is 3. The molecule has 0 aliphatic rings. The van der Waals surface area contributed by atoms with Gasteiger partial charge in [0.15, 0.2) is 0 Å². The number of hydrogen-bond acceptors (Lipinski definition) is 4. The molecule has 0 bridgehead atoms. The Kier molecular flexibility index (Phi) is 3.81. The minimum atomic E-state index is -3.71. The molecule has 22 heavy (non-hydrogen) atoms. The van der Waals surface area contributed by atoms with Crippen molar-refractivity contribution in [2.75, 3.05) is 0 Å². The molecular weight excluding hydrogens is 368 g/mol. The van der Waals surface area contributed by atoms with E-state index in [2.05, 4.69) is 26.2 Å². The maximum atomic E-state index is 11.3. The van der Waals surface area contributed by atoms with Crippen LogP contribution in [-0.4, -0.2) is 23.4 Å². The average Bonchev–Trinajstić information content (AvgIpc) is 2.96. The van der Waals surface area contributed by atoms with E-state index >= 15 is 0 Å². The van der Waals surface area contributed by atoms with Crippen LogP contribution in [0.15, 0.2) is 64.1 Å². The van der Waals surface area contributed by atoms with Crippen LogP contribution < -0.4 is 5.14 Å². The van der Waals surface area contributed by atoms with E-state index in [1.54, 1.807) is 23.0 Å². The fourth-order valence-electron chi connectivity index (χ4n) is 2.06. The standard InChI is InChI=1S/C14H11BrN4O2S/c15-13-4-2-1-3-12(13)14-9-17-18-19(14)10-5-7-11(8-6-10)22(16,20)21/h1-9H,(H2,16,20,21). The predicted octanol–water partition coefficient (Wildman–Crippen LogP) is 2.34. The molecule has 0 amide bonds. The lowest BCUT2D eigenvalue weighted by Gasteiger charge is -2.08. The Balaban J connectivity index is 2.08. The van der Waals surface area contributed by atoms with E-state index in [1.165, 1.54) is 12.1 Å². The lowest BCUT2D eigenvalue weighted by Crippen LogP contribution is -2.12. The van der Waals surface area contributed by atoms with Crippen LogP contribution in [0.3, 0.4) is 0 Å².